The Hall–Kier alpha value is -0.650. The van der Waals surface area contributed by atoms with Gasteiger partial charge in [-0.2, -0.15) is 0 Å². The minimum Gasteiger partial charge on any atom is -0.293 e. The summed E-state index contributed by atoms with van der Waals surface area (Å²) in [5, 5.41) is 2.00. The maximum Gasteiger partial charge on any atom is 0.266 e. The lowest BCUT2D eigenvalue weighted by atomic mass is 10.2. The molecule has 1 aliphatic heterocycles. The number of rotatable bonds is 3. The largest absolute Gasteiger partial charge is 0.293 e. The van der Waals surface area contributed by atoms with E-state index >= 15 is 0 Å². The zero-order chi connectivity index (χ0) is 12.4. The van der Waals surface area contributed by atoms with E-state index in [0.29, 0.717) is 16.8 Å². The number of thiocarbonyl (C=S) groups is 1. The molecule has 0 aromatic carbocycles. The van der Waals surface area contributed by atoms with E-state index < -0.39 is 0 Å². The molecule has 2 heterocycles. The van der Waals surface area contributed by atoms with Crippen LogP contribution in [-0.4, -0.2) is 21.7 Å². The van der Waals surface area contributed by atoms with Crippen LogP contribution in [-0.2, 0) is 4.79 Å². The number of thioether (sulfide) groups is 1. The molecule has 0 radical (unpaired) electrons. The van der Waals surface area contributed by atoms with Crippen LogP contribution in [0, 0.1) is 5.92 Å². The van der Waals surface area contributed by atoms with Gasteiger partial charge >= 0.3 is 0 Å². The van der Waals surface area contributed by atoms with Gasteiger partial charge in [-0.25, -0.2) is 0 Å². The van der Waals surface area contributed by atoms with Crippen molar-refractivity contribution >= 4 is 51.6 Å². The monoisotopic (exact) mass is 283 g/mol. The quantitative estimate of drug-likeness (QED) is 0.624. The third-order valence-corrected chi connectivity index (χ3v) is 4.43. The Morgan fingerprint density at radius 1 is 1.53 bits per heavy atom. The number of carbonyl (C=O) groups is 1. The molecule has 17 heavy (non-hydrogen) atoms. The van der Waals surface area contributed by atoms with Crippen molar-refractivity contribution in [2.75, 3.05) is 6.54 Å². The first-order valence-corrected chi connectivity index (χ1v) is 7.47. The molecule has 1 amide bonds. The predicted molar refractivity (Wildman–Crippen MR) is 79.0 cm³/mol. The first-order chi connectivity index (χ1) is 8.08. The average molecular weight is 283 g/mol. The number of hydrogen-bond acceptors (Lipinski definition) is 4. The van der Waals surface area contributed by atoms with Crippen LogP contribution in [0.25, 0.3) is 6.08 Å². The summed E-state index contributed by atoms with van der Waals surface area (Å²) in [5.41, 5.74) is 0. The molecule has 5 heteroatoms. The van der Waals surface area contributed by atoms with Gasteiger partial charge in [0.15, 0.2) is 0 Å². The SMILES string of the molecule is CC(C)CN1C(=O)C(=Cc2cccs2)SC1=S. The van der Waals surface area contributed by atoms with Crippen molar-refractivity contribution in [1.82, 2.24) is 4.90 Å². The van der Waals surface area contributed by atoms with Gasteiger partial charge in [0.2, 0.25) is 0 Å². The molecule has 1 aromatic heterocycles. The summed E-state index contributed by atoms with van der Waals surface area (Å²) in [6.45, 7) is 4.87. The lowest BCUT2D eigenvalue weighted by molar-refractivity contribution is -0.122. The van der Waals surface area contributed by atoms with E-state index in [9.17, 15) is 4.79 Å². The second kappa shape index (κ2) is 5.33. The van der Waals surface area contributed by atoms with Crippen LogP contribution < -0.4 is 0 Å². The van der Waals surface area contributed by atoms with Crippen LogP contribution in [0.2, 0.25) is 0 Å². The van der Waals surface area contributed by atoms with Crippen molar-refractivity contribution in [2.45, 2.75) is 13.8 Å². The molecule has 1 aromatic rings. The molecule has 90 valence electrons. The van der Waals surface area contributed by atoms with Crippen molar-refractivity contribution in [3.05, 3.63) is 27.3 Å². The molecule has 2 nitrogen and oxygen atoms in total. The van der Waals surface area contributed by atoms with E-state index in [2.05, 4.69) is 13.8 Å². The number of carbonyl (C=O) groups excluding carboxylic acids is 1. The van der Waals surface area contributed by atoms with E-state index in [4.69, 9.17) is 12.2 Å². The molecule has 0 N–H and O–H groups in total. The fraction of sp³-hybridized carbons (Fsp3) is 0.333. The molecule has 0 unspecified atom stereocenters. The summed E-state index contributed by atoms with van der Waals surface area (Å²) in [4.78, 5) is 15.7. The first kappa shape index (κ1) is 12.8. The second-order valence-electron chi connectivity index (χ2n) is 4.20. The van der Waals surface area contributed by atoms with Crippen LogP contribution >= 0.6 is 35.3 Å². The van der Waals surface area contributed by atoms with Crippen LogP contribution in [0.3, 0.4) is 0 Å². The van der Waals surface area contributed by atoms with E-state index in [1.165, 1.54) is 11.8 Å². The highest BCUT2D eigenvalue weighted by Crippen LogP contribution is 2.33. The molecule has 0 saturated carbocycles. The van der Waals surface area contributed by atoms with E-state index in [0.717, 1.165) is 9.78 Å². The lowest BCUT2D eigenvalue weighted by Crippen LogP contribution is -2.31. The van der Waals surface area contributed by atoms with Gasteiger partial charge in [0, 0.05) is 11.4 Å². The zero-order valence-electron chi connectivity index (χ0n) is 9.67. The van der Waals surface area contributed by atoms with Gasteiger partial charge in [-0.05, 0) is 23.4 Å². The summed E-state index contributed by atoms with van der Waals surface area (Å²) >= 11 is 8.26. The standard InChI is InChI=1S/C12H13NOS3/c1-8(2)7-13-11(14)10(17-12(13)15)6-9-4-3-5-16-9/h3-6,8H,7H2,1-2H3. The van der Waals surface area contributed by atoms with E-state index in [-0.39, 0.29) is 5.91 Å². The molecule has 1 aliphatic rings. The normalized spacial score (nSPS) is 18.8. The lowest BCUT2D eigenvalue weighted by Gasteiger charge is -2.16. The number of thiophene rings is 1. The van der Waals surface area contributed by atoms with Crippen LogP contribution in [0.1, 0.15) is 18.7 Å². The molecule has 1 saturated heterocycles. The Morgan fingerprint density at radius 2 is 2.29 bits per heavy atom. The average Bonchev–Trinajstić information content (AvgIpc) is 2.83. The molecular formula is C12H13NOS3. The maximum atomic E-state index is 12.1. The molecule has 0 atom stereocenters. The van der Waals surface area contributed by atoms with Gasteiger partial charge < -0.3 is 0 Å². The molecule has 0 aliphatic carbocycles. The van der Waals surface area contributed by atoms with Crippen molar-refractivity contribution in [1.29, 1.82) is 0 Å². The number of nitrogens with zero attached hydrogens (tertiary/aromatic N) is 1. The maximum absolute atomic E-state index is 12.1. The molecule has 0 bridgehead atoms. The Morgan fingerprint density at radius 3 is 2.88 bits per heavy atom. The third-order valence-electron chi connectivity index (χ3n) is 2.24. The Labute approximate surface area is 115 Å². The summed E-state index contributed by atoms with van der Waals surface area (Å²) in [5.74, 6) is 0.473. The Bertz CT molecular complexity index is 462. The highest BCUT2D eigenvalue weighted by Gasteiger charge is 2.32. The first-order valence-electron chi connectivity index (χ1n) is 5.37. The topological polar surface area (TPSA) is 20.3 Å². The summed E-state index contributed by atoms with van der Waals surface area (Å²) in [6.07, 6.45) is 1.92. The summed E-state index contributed by atoms with van der Waals surface area (Å²) in [7, 11) is 0. The van der Waals surface area contributed by atoms with Crippen LogP contribution in [0.5, 0.6) is 0 Å². The van der Waals surface area contributed by atoms with Gasteiger partial charge in [-0.1, -0.05) is 43.9 Å². The van der Waals surface area contributed by atoms with E-state index in [1.807, 2.05) is 23.6 Å². The van der Waals surface area contributed by atoms with Crippen molar-refractivity contribution in [2.24, 2.45) is 5.92 Å². The molecule has 1 fully saturated rings. The zero-order valence-corrected chi connectivity index (χ0v) is 12.1. The van der Waals surface area contributed by atoms with Gasteiger partial charge in [0.1, 0.15) is 4.32 Å². The highest BCUT2D eigenvalue weighted by atomic mass is 32.2. The predicted octanol–water partition coefficient (Wildman–Crippen LogP) is 3.61. The third kappa shape index (κ3) is 2.97. The smallest absolute Gasteiger partial charge is 0.266 e. The molecular weight excluding hydrogens is 270 g/mol. The van der Waals surface area contributed by atoms with Gasteiger partial charge in [-0.15, -0.1) is 11.3 Å². The van der Waals surface area contributed by atoms with Gasteiger partial charge in [0.25, 0.3) is 5.91 Å². The van der Waals surface area contributed by atoms with Crippen LogP contribution in [0.4, 0.5) is 0 Å². The summed E-state index contributed by atoms with van der Waals surface area (Å²) < 4.78 is 0.673. The molecule has 0 spiro atoms. The van der Waals surface area contributed by atoms with Crippen molar-refractivity contribution < 1.29 is 4.79 Å². The number of amides is 1. The van der Waals surface area contributed by atoms with Crippen molar-refractivity contribution in [3.8, 4) is 0 Å². The minimum absolute atomic E-state index is 0.0436. The van der Waals surface area contributed by atoms with E-state index in [1.54, 1.807) is 16.2 Å². The fourth-order valence-corrected chi connectivity index (χ4v) is 3.52. The molecule has 2 rings (SSSR count). The fourth-order valence-electron chi connectivity index (χ4n) is 1.53. The Balaban J connectivity index is 2.18. The van der Waals surface area contributed by atoms with Crippen molar-refractivity contribution in [3.63, 3.8) is 0 Å². The Kier molecular flexibility index (Phi) is 4.01. The number of hydrogen-bond donors (Lipinski definition) is 0. The van der Waals surface area contributed by atoms with Crippen LogP contribution in [0.15, 0.2) is 22.4 Å². The highest BCUT2D eigenvalue weighted by molar-refractivity contribution is 8.26. The van der Waals surface area contributed by atoms with Gasteiger partial charge in [0.05, 0.1) is 4.91 Å². The van der Waals surface area contributed by atoms with Gasteiger partial charge in [-0.3, -0.25) is 9.69 Å². The minimum atomic E-state index is 0.0436. The summed E-state index contributed by atoms with van der Waals surface area (Å²) in [6, 6.07) is 3.98. The second-order valence-corrected chi connectivity index (χ2v) is 6.86.